The SMILES string of the molecule is N#Cc1cc(-c2ccccc2N2c3ccccc3Sc3ccccc32)ccn1. The zero-order chi connectivity index (χ0) is 18.9. The summed E-state index contributed by atoms with van der Waals surface area (Å²) < 4.78 is 0. The second-order valence-corrected chi connectivity index (χ2v) is 7.52. The van der Waals surface area contributed by atoms with Crippen LogP contribution in [0.4, 0.5) is 17.1 Å². The number of aromatic nitrogens is 1. The smallest absolute Gasteiger partial charge is 0.141 e. The van der Waals surface area contributed by atoms with Crippen LogP contribution in [0.3, 0.4) is 0 Å². The molecule has 0 spiro atoms. The summed E-state index contributed by atoms with van der Waals surface area (Å²) in [6, 6.07) is 31.2. The molecular formula is C24H15N3S. The third-order valence-corrected chi connectivity index (χ3v) is 5.89. The molecule has 0 fully saturated rings. The lowest BCUT2D eigenvalue weighted by Gasteiger charge is -2.34. The average molecular weight is 377 g/mol. The van der Waals surface area contributed by atoms with Gasteiger partial charge >= 0.3 is 0 Å². The molecule has 1 aliphatic heterocycles. The lowest BCUT2D eigenvalue weighted by molar-refractivity contribution is 1.17. The molecule has 0 amide bonds. The molecule has 0 bridgehead atoms. The minimum Gasteiger partial charge on any atom is -0.308 e. The van der Waals surface area contributed by atoms with E-state index in [0.29, 0.717) is 5.69 Å². The van der Waals surface area contributed by atoms with Gasteiger partial charge in [-0.15, -0.1) is 0 Å². The highest BCUT2D eigenvalue weighted by Gasteiger charge is 2.25. The van der Waals surface area contributed by atoms with Gasteiger partial charge in [-0.25, -0.2) is 4.98 Å². The summed E-state index contributed by atoms with van der Waals surface area (Å²) in [4.78, 5) is 8.88. The van der Waals surface area contributed by atoms with Crippen LogP contribution in [0.5, 0.6) is 0 Å². The van der Waals surface area contributed by atoms with E-state index in [0.717, 1.165) is 28.2 Å². The van der Waals surface area contributed by atoms with Crippen molar-refractivity contribution in [1.82, 2.24) is 4.98 Å². The fourth-order valence-corrected chi connectivity index (χ4v) is 4.59. The average Bonchev–Trinajstić information content (AvgIpc) is 2.77. The van der Waals surface area contributed by atoms with Crippen molar-refractivity contribution in [1.29, 1.82) is 5.26 Å². The molecule has 0 radical (unpaired) electrons. The minimum absolute atomic E-state index is 0.419. The quantitative estimate of drug-likeness (QED) is 0.349. The number of pyridine rings is 1. The van der Waals surface area contributed by atoms with Crippen LogP contribution in [-0.2, 0) is 0 Å². The molecule has 0 atom stereocenters. The number of hydrogen-bond acceptors (Lipinski definition) is 4. The van der Waals surface area contributed by atoms with Gasteiger partial charge in [0.15, 0.2) is 0 Å². The molecule has 28 heavy (non-hydrogen) atoms. The largest absolute Gasteiger partial charge is 0.308 e. The van der Waals surface area contributed by atoms with Crippen molar-refractivity contribution in [3.05, 3.63) is 96.8 Å². The summed E-state index contributed by atoms with van der Waals surface area (Å²) in [5.41, 5.74) is 5.87. The number of nitrogens with zero attached hydrogens (tertiary/aromatic N) is 3. The summed E-state index contributed by atoms with van der Waals surface area (Å²) in [5, 5.41) is 9.26. The lowest BCUT2D eigenvalue weighted by atomic mass is 10.0. The van der Waals surface area contributed by atoms with E-state index < -0.39 is 0 Å². The van der Waals surface area contributed by atoms with E-state index in [-0.39, 0.29) is 0 Å². The lowest BCUT2D eigenvalue weighted by Crippen LogP contribution is -2.15. The highest BCUT2D eigenvalue weighted by molar-refractivity contribution is 7.99. The van der Waals surface area contributed by atoms with Gasteiger partial charge in [0.1, 0.15) is 11.8 Å². The van der Waals surface area contributed by atoms with E-state index in [9.17, 15) is 5.26 Å². The summed E-state index contributed by atoms with van der Waals surface area (Å²) in [6.45, 7) is 0. The Morgan fingerprint density at radius 1 is 0.750 bits per heavy atom. The summed E-state index contributed by atoms with van der Waals surface area (Å²) >= 11 is 1.79. The Labute approximate surface area is 167 Å². The number of para-hydroxylation sites is 3. The maximum absolute atomic E-state index is 9.26. The van der Waals surface area contributed by atoms with Crippen molar-refractivity contribution in [3.8, 4) is 17.2 Å². The van der Waals surface area contributed by atoms with Gasteiger partial charge in [-0.1, -0.05) is 54.2 Å². The van der Waals surface area contributed by atoms with E-state index in [1.807, 2.05) is 18.2 Å². The van der Waals surface area contributed by atoms with Gasteiger partial charge in [-0.05, 0) is 48.0 Å². The highest BCUT2D eigenvalue weighted by Crippen LogP contribution is 2.52. The van der Waals surface area contributed by atoms with Crippen molar-refractivity contribution in [3.63, 3.8) is 0 Å². The van der Waals surface area contributed by atoms with Crippen LogP contribution in [0.25, 0.3) is 11.1 Å². The number of hydrogen-bond donors (Lipinski definition) is 0. The van der Waals surface area contributed by atoms with Crippen molar-refractivity contribution >= 4 is 28.8 Å². The van der Waals surface area contributed by atoms with Crippen LogP contribution in [-0.4, -0.2) is 4.98 Å². The Bertz CT molecular complexity index is 1180. The van der Waals surface area contributed by atoms with Crippen molar-refractivity contribution in [2.45, 2.75) is 9.79 Å². The molecule has 5 rings (SSSR count). The zero-order valence-corrected chi connectivity index (χ0v) is 15.7. The monoisotopic (exact) mass is 377 g/mol. The Kier molecular flexibility index (Phi) is 4.08. The molecule has 0 aliphatic carbocycles. The molecule has 3 nitrogen and oxygen atoms in total. The van der Waals surface area contributed by atoms with E-state index in [4.69, 9.17) is 0 Å². The van der Waals surface area contributed by atoms with Gasteiger partial charge in [0.2, 0.25) is 0 Å². The molecule has 132 valence electrons. The van der Waals surface area contributed by atoms with Crippen LogP contribution >= 0.6 is 11.8 Å². The van der Waals surface area contributed by atoms with Crippen LogP contribution in [0.15, 0.2) is 101 Å². The molecule has 0 saturated heterocycles. The van der Waals surface area contributed by atoms with Crippen molar-refractivity contribution in [2.24, 2.45) is 0 Å². The third kappa shape index (κ3) is 2.74. The Morgan fingerprint density at radius 2 is 1.36 bits per heavy atom. The van der Waals surface area contributed by atoms with Crippen molar-refractivity contribution in [2.75, 3.05) is 4.90 Å². The third-order valence-electron chi connectivity index (χ3n) is 4.76. The first-order chi connectivity index (χ1) is 13.8. The van der Waals surface area contributed by atoms with Gasteiger partial charge in [0, 0.05) is 21.6 Å². The number of benzene rings is 3. The molecule has 1 aromatic heterocycles. The number of anilines is 3. The number of rotatable bonds is 2. The molecule has 2 heterocycles. The van der Waals surface area contributed by atoms with Crippen LogP contribution < -0.4 is 4.90 Å². The molecular weight excluding hydrogens is 362 g/mol. The fourth-order valence-electron chi connectivity index (χ4n) is 3.54. The van der Waals surface area contributed by atoms with Gasteiger partial charge in [0.25, 0.3) is 0 Å². The topological polar surface area (TPSA) is 39.9 Å². The summed E-state index contributed by atoms with van der Waals surface area (Å²) in [5.74, 6) is 0. The molecule has 4 heteroatoms. The first kappa shape index (κ1) is 16.6. The number of fused-ring (bicyclic) bond motifs is 2. The van der Waals surface area contributed by atoms with Gasteiger partial charge in [-0.3, -0.25) is 0 Å². The molecule has 4 aromatic rings. The van der Waals surface area contributed by atoms with Crippen molar-refractivity contribution < 1.29 is 0 Å². The predicted molar refractivity (Wildman–Crippen MR) is 113 cm³/mol. The normalized spacial score (nSPS) is 12.0. The van der Waals surface area contributed by atoms with E-state index >= 15 is 0 Å². The molecule has 0 N–H and O–H groups in total. The molecule has 3 aromatic carbocycles. The van der Waals surface area contributed by atoms with Crippen LogP contribution in [0, 0.1) is 11.3 Å². The van der Waals surface area contributed by atoms with E-state index in [1.165, 1.54) is 9.79 Å². The Balaban J connectivity index is 1.76. The van der Waals surface area contributed by atoms with E-state index in [1.54, 1.807) is 18.0 Å². The van der Waals surface area contributed by atoms with Crippen LogP contribution in [0.2, 0.25) is 0 Å². The summed E-state index contributed by atoms with van der Waals surface area (Å²) in [6.07, 6.45) is 1.69. The Morgan fingerprint density at radius 3 is 2.04 bits per heavy atom. The fraction of sp³-hybridized carbons (Fsp3) is 0. The van der Waals surface area contributed by atoms with Crippen LogP contribution in [0.1, 0.15) is 5.69 Å². The minimum atomic E-state index is 0.419. The number of nitriles is 1. The second-order valence-electron chi connectivity index (χ2n) is 6.43. The Hall–Kier alpha value is -3.55. The van der Waals surface area contributed by atoms with E-state index in [2.05, 4.69) is 82.7 Å². The zero-order valence-electron chi connectivity index (χ0n) is 14.9. The molecule has 0 saturated carbocycles. The first-order valence-electron chi connectivity index (χ1n) is 8.97. The van der Waals surface area contributed by atoms with Gasteiger partial charge < -0.3 is 4.90 Å². The predicted octanol–water partition coefficient (Wildman–Crippen LogP) is 6.55. The second kappa shape index (κ2) is 6.88. The summed E-state index contributed by atoms with van der Waals surface area (Å²) in [7, 11) is 0. The highest BCUT2D eigenvalue weighted by atomic mass is 32.2. The maximum Gasteiger partial charge on any atom is 0.141 e. The van der Waals surface area contributed by atoms with Gasteiger partial charge in [-0.2, -0.15) is 5.26 Å². The molecule has 1 aliphatic rings. The molecule has 0 unspecified atom stereocenters. The maximum atomic E-state index is 9.26. The standard InChI is InChI=1S/C24H15N3S/c25-16-18-15-17(13-14-26-18)19-7-1-2-8-20(19)27-21-9-3-5-11-23(21)28-24-12-6-4-10-22(24)27/h1-15H. The first-order valence-corrected chi connectivity index (χ1v) is 9.78. The van der Waals surface area contributed by atoms with Gasteiger partial charge in [0.05, 0.1) is 17.1 Å².